The van der Waals surface area contributed by atoms with Crippen molar-refractivity contribution in [3.05, 3.63) is 33.8 Å². The average molecular weight is 286 g/mol. The molecule has 0 heterocycles. The number of halogens is 1. The number of nitrogens with one attached hydrogen (secondary N) is 1. The van der Waals surface area contributed by atoms with Crippen molar-refractivity contribution in [1.82, 2.24) is 5.32 Å². The van der Waals surface area contributed by atoms with E-state index in [1.807, 2.05) is 7.05 Å². The fourth-order valence-corrected chi connectivity index (χ4v) is 2.15. The average Bonchev–Trinajstić information content (AvgIpc) is 2.29. The summed E-state index contributed by atoms with van der Waals surface area (Å²) in [6.07, 6.45) is 1.06. The number of aryl methyl sites for hydroxylation is 1. The molecule has 1 unspecified atom stereocenters. The summed E-state index contributed by atoms with van der Waals surface area (Å²) >= 11 is 3.64. The van der Waals surface area contributed by atoms with Crippen LogP contribution in [0.2, 0.25) is 0 Å². The van der Waals surface area contributed by atoms with Crippen molar-refractivity contribution in [2.45, 2.75) is 26.3 Å². The molecule has 16 heavy (non-hydrogen) atoms. The molecule has 1 aromatic rings. The van der Waals surface area contributed by atoms with Gasteiger partial charge >= 0.3 is 0 Å². The summed E-state index contributed by atoms with van der Waals surface area (Å²) < 4.78 is 6.78. The first-order valence-electron chi connectivity index (χ1n) is 5.70. The summed E-state index contributed by atoms with van der Waals surface area (Å²) in [5, 5.41) is 3.29. The summed E-state index contributed by atoms with van der Waals surface area (Å²) in [7, 11) is 1.97. The van der Waals surface area contributed by atoms with Gasteiger partial charge in [0, 0.05) is 11.1 Å². The molecular weight excluding hydrogens is 266 g/mol. The van der Waals surface area contributed by atoms with Crippen LogP contribution < -0.4 is 5.32 Å². The molecule has 0 saturated carbocycles. The molecule has 0 saturated heterocycles. The number of benzene rings is 1. The molecule has 1 N–H and O–H groups in total. The van der Waals surface area contributed by atoms with Gasteiger partial charge < -0.3 is 10.1 Å². The van der Waals surface area contributed by atoms with Crippen LogP contribution in [0.25, 0.3) is 0 Å². The van der Waals surface area contributed by atoms with Gasteiger partial charge in [0.25, 0.3) is 0 Å². The summed E-state index contributed by atoms with van der Waals surface area (Å²) in [4.78, 5) is 0. The molecule has 0 aromatic heterocycles. The van der Waals surface area contributed by atoms with Gasteiger partial charge in [-0.2, -0.15) is 0 Å². The predicted octanol–water partition coefficient (Wildman–Crippen LogP) is 3.44. The van der Waals surface area contributed by atoms with Crippen LogP contribution in [-0.2, 0) is 4.74 Å². The predicted molar refractivity (Wildman–Crippen MR) is 71.8 cm³/mol. The standard InChI is InChI=1S/C13H20BrNO/c1-4-8-16-9-12(15-3)11-7-5-6-10(2)13(11)14/h5-7,12,15H,4,8-9H2,1-3H3. The molecule has 1 atom stereocenters. The Morgan fingerprint density at radius 1 is 1.44 bits per heavy atom. The molecule has 0 bridgehead atoms. The lowest BCUT2D eigenvalue weighted by Crippen LogP contribution is -2.22. The number of hydrogen-bond acceptors (Lipinski definition) is 2. The Morgan fingerprint density at radius 3 is 2.81 bits per heavy atom. The third-order valence-corrected chi connectivity index (χ3v) is 3.66. The summed E-state index contributed by atoms with van der Waals surface area (Å²) in [5.74, 6) is 0. The van der Waals surface area contributed by atoms with Gasteiger partial charge in [-0.05, 0) is 31.5 Å². The van der Waals surface area contributed by atoms with Gasteiger partial charge in [-0.25, -0.2) is 0 Å². The molecule has 0 fully saturated rings. The molecule has 0 radical (unpaired) electrons. The first-order valence-corrected chi connectivity index (χ1v) is 6.50. The number of ether oxygens (including phenoxy) is 1. The fraction of sp³-hybridized carbons (Fsp3) is 0.538. The lowest BCUT2D eigenvalue weighted by atomic mass is 10.1. The zero-order chi connectivity index (χ0) is 12.0. The zero-order valence-corrected chi connectivity index (χ0v) is 11.8. The number of hydrogen-bond donors (Lipinski definition) is 1. The largest absolute Gasteiger partial charge is 0.379 e. The van der Waals surface area contributed by atoms with E-state index in [0.29, 0.717) is 6.61 Å². The Bertz CT molecular complexity index is 328. The minimum absolute atomic E-state index is 0.251. The minimum Gasteiger partial charge on any atom is -0.379 e. The zero-order valence-electron chi connectivity index (χ0n) is 10.2. The van der Waals surface area contributed by atoms with Gasteiger partial charge in [0.2, 0.25) is 0 Å². The first-order chi connectivity index (χ1) is 7.70. The van der Waals surface area contributed by atoms with Crippen LogP contribution in [0.5, 0.6) is 0 Å². The van der Waals surface area contributed by atoms with E-state index < -0.39 is 0 Å². The van der Waals surface area contributed by atoms with E-state index >= 15 is 0 Å². The van der Waals surface area contributed by atoms with Crippen LogP contribution >= 0.6 is 15.9 Å². The second-order valence-corrected chi connectivity index (χ2v) is 4.69. The summed E-state index contributed by atoms with van der Waals surface area (Å²) in [6, 6.07) is 6.57. The van der Waals surface area contributed by atoms with Crippen molar-refractivity contribution in [3.8, 4) is 0 Å². The van der Waals surface area contributed by atoms with Crippen LogP contribution in [-0.4, -0.2) is 20.3 Å². The molecule has 0 spiro atoms. The van der Waals surface area contributed by atoms with E-state index in [0.717, 1.165) is 13.0 Å². The highest BCUT2D eigenvalue weighted by molar-refractivity contribution is 9.10. The van der Waals surface area contributed by atoms with E-state index in [1.54, 1.807) is 0 Å². The molecule has 0 aliphatic carbocycles. The van der Waals surface area contributed by atoms with E-state index in [9.17, 15) is 0 Å². The van der Waals surface area contributed by atoms with Crippen LogP contribution in [0, 0.1) is 6.92 Å². The second kappa shape index (κ2) is 7.05. The van der Waals surface area contributed by atoms with E-state index in [-0.39, 0.29) is 6.04 Å². The fourth-order valence-electron chi connectivity index (χ4n) is 1.61. The third-order valence-electron chi connectivity index (χ3n) is 2.58. The molecular formula is C13H20BrNO. The third kappa shape index (κ3) is 3.58. The monoisotopic (exact) mass is 285 g/mol. The molecule has 1 rings (SSSR count). The normalized spacial score (nSPS) is 12.8. The van der Waals surface area contributed by atoms with E-state index in [1.165, 1.54) is 15.6 Å². The molecule has 0 aliphatic heterocycles. The maximum atomic E-state index is 5.60. The summed E-state index contributed by atoms with van der Waals surface area (Å²) in [6.45, 7) is 5.76. The highest BCUT2D eigenvalue weighted by atomic mass is 79.9. The number of rotatable bonds is 6. The van der Waals surface area contributed by atoms with Crippen LogP contribution in [0.1, 0.15) is 30.5 Å². The van der Waals surface area contributed by atoms with Gasteiger partial charge in [0.1, 0.15) is 0 Å². The molecule has 3 heteroatoms. The minimum atomic E-state index is 0.251. The highest BCUT2D eigenvalue weighted by Gasteiger charge is 2.13. The Kier molecular flexibility index (Phi) is 6.03. The smallest absolute Gasteiger partial charge is 0.0661 e. The van der Waals surface area contributed by atoms with Crippen molar-refractivity contribution in [2.24, 2.45) is 0 Å². The topological polar surface area (TPSA) is 21.3 Å². The Balaban J connectivity index is 2.74. The molecule has 0 amide bonds. The molecule has 2 nitrogen and oxygen atoms in total. The maximum absolute atomic E-state index is 5.60. The molecule has 0 aliphatic rings. The van der Waals surface area contributed by atoms with Gasteiger partial charge in [0.15, 0.2) is 0 Å². The maximum Gasteiger partial charge on any atom is 0.0661 e. The van der Waals surface area contributed by atoms with Crippen LogP contribution in [0.3, 0.4) is 0 Å². The van der Waals surface area contributed by atoms with Gasteiger partial charge in [-0.3, -0.25) is 0 Å². The Labute approximate surface area is 107 Å². The quantitative estimate of drug-likeness (QED) is 0.809. The van der Waals surface area contributed by atoms with Gasteiger partial charge in [-0.15, -0.1) is 0 Å². The lowest BCUT2D eigenvalue weighted by molar-refractivity contribution is 0.114. The van der Waals surface area contributed by atoms with E-state index in [4.69, 9.17) is 4.74 Å². The second-order valence-electron chi connectivity index (χ2n) is 3.89. The van der Waals surface area contributed by atoms with Crippen molar-refractivity contribution >= 4 is 15.9 Å². The van der Waals surface area contributed by atoms with Gasteiger partial charge in [0.05, 0.1) is 12.6 Å². The first kappa shape index (κ1) is 13.7. The van der Waals surface area contributed by atoms with Crippen LogP contribution in [0.4, 0.5) is 0 Å². The van der Waals surface area contributed by atoms with Crippen LogP contribution in [0.15, 0.2) is 22.7 Å². The number of likely N-dealkylation sites (N-methyl/N-ethyl adjacent to an activating group) is 1. The lowest BCUT2D eigenvalue weighted by Gasteiger charge is -2.19. The Hall–Kier alpha value is -0.380. The van der Waals surface area contributed by atoms with E-state index in [2.05, 4.69) is 53.3 Å². The van der Waals surface area contributed by atoms with Crippen molar-refractivity contribution < 1.29 is 4.74 Å². The highest BCUT2D eigenvalue weighted by Crippen LogP contribution is 2.26. The van der Waals surface area contributed by atoms with Gasteiger partial charge in [-0.1, -0.05) is 41.1 Å². The van der Waals surface area contributed by atoms with Crippen molar-refractivity contribution in [3.63, 3.8) is 0 Å². The van der Waals surface area contributed by atoms with Crippen molar-refractivity contribution in [2.75, 3.05) is 20.3 Å². The summed E-state index contributed by atoms with van der Waals surface area (Å²) in [5.41, 5.74) is 2.52. The Morgan fingerprint density at radius 2 is 2.19 bits per heavy atom. The molecule has 90 valence electrons. The molecule has 1 aromatic carbocycles. The van der Waals surface area contributed by atoms with Crippen molar-refractivity contribution in [1.29, 1.82) is 0 Å². The SMILES string of the molecule is CCCOCC(NC)c1cccc(C)c1Br.